The number of nitrogens with zero attached hydrogens (tertiary/aromatic N) is 3. The molecule has 8 nitrogen and oxygen atoms in total. The molecule has 0 aliphatic heterocycles. The molecule has 1 heterocycles. The molecule has 0 amide bonds. The summed E-state index contributed by atoms with van der Waals surface area (Å²) in [5, 5.41) is 0.428. The first-order valence-electron chi connectivity index (χ1n) is 11.1. The van der Waals surface area contributed by atoms with Gasteiger partial charge in [0.05, 0.1) is 41.7 Å². The lowest BCUT2D eigenvalue weighted by molar-refractivity contribution is 0.346. The Kier molecular flexibility index (Phi) is 6.90. The summed E-state index contributed by atoms with van der Waals surface area (Å²) in [4.78, 5) is 18.6. The van der Waals surface area contributed by atoms with E-state index >= 15 is 0 Å². The second-order valence-corrected chi connectivity index (χ2v) is 9.92. The van der Waals surface area contributed by atoms with Crippen LogP contribution in [0.3, 0.4) is 0 Å². The first-order valence-corrected chi connectivity index (χ1v) is 12.5. The van der Waals surface area contributed by atoms with Gasteiger partial charge in [-0.25, -0.2) is 13.4 Å². The van der Waals surface area contributed by atoms with Crippen LogP contribution in [0.2, 0.25) is 0 Å². The number of fused-ring (bicyclic) bond motifs is 1. The van der Waals surface area contributed by atoms with Crippen LogP contribution in [0.4, 0.5) is 0 Å². The summed E-state index contributed by atoms with van der Waals surface area (Å²) in [5.74, 6) is 1.34. The van der Waals surface area contributed by atoms with Crippen LogP contribution in [0, 0.1) is 0 Å². The molecule has 1 aromatic heterocycles. The lowest BCUT2D eigenvalue weighted by Crippen LogP contribution is -2.36. The Morgan fingerprint density at radius 3 is 2.26 bits per heavy atom. The van der Waals surface area contributed by atoms with Gasteiger partial charge in [-0.05, 0) is 55.0 Å². The monoisotopic (exact) mass is 493 g/mol. The highest BCUT2D eigenvalue weighted by Gasteiger charge is 2.32. The van der Waals surface area contributed by atoms with Gasteiger partial charge in [0, 0.05) is 7.05 Å². The molecule has 35 heavy (non-hydrogen) atoms. The summed E-state index contributed by atoms with van der Waals surface area (Å²) in [5.41, 5.74) is 0.679. The fourth-order valence-corrected chi connectivity index (χ4v) is 5.50. The van der Waals surface area contributed by atoms with Gasteiger partial charge in [0.2, 0.25) is 10.0 Å². The van der Waals surface area contributed by atoms with Crippen molar-refractivity contribution in [2.75, 3.05) is 21.3 Å². The normalized spacial score (nSPS) is 12.6. The molecule has 0 saturated carbocycles. The zero-order chi connectivity index (χ0) is 25.2. The number of aromatic nitrogens is 2. The molecule has 0 bridgehead atoms. The van der Waals surface area contributed by atoms with Crippen LogP contribution < -0.4 is 15.0 Å². The number of benzene rings is 3. The Morgan fingerprint density at radius 1 is 0.943 bits per heavy atom. The highest BCUT2D eigenvalue weighted by Crippen LogP contribution is 2.32. The largest absolute Gasteiger partial charge is 0.497 e. The molecule has 0 aliphatic rings. The predicted octanol–water partition coefficient (Wildman–Crippen LogP) is 4.17. The van der Waals surface area contributed by atoms with Crippen molar-refractivity contribution in [2.24, 2.45) is 0 Å². The zero-order valence-corrected chi connectivity index (χ0v) is 20.8. The van der Waals surface area contributed by atoms with Crippen molar-refractivity contribution in [3.63, 3.8) is 0 Å². The van der Waals surface area contributed by atoms with E-state index in [1.165, 1.54) is 42.3 Å². The van der Waals surface area contributed by atoms with Crippen molar-refractivity contribution in [1.82, 2.24) is 13.9 Å². The van der Waals surface area contributed by atoms with Crippen molar-refractivity contribution in [3.05, 3.63) is 89.0 Å². The van der Waals surface area contributed by atoms with Crippen LogP contribution in [0.25, 0.3) is 16.6 Å². The van der Waals surface area contributed by atoms with E-state index in [1.54, 1.807) is 60.7 Å². The van der Waals surface area contributed by atoms with E-state index in [9.17, 15) is 13.2 Å². The minimum atomic E-state index is -3.91. The molecular weight excluding hydrogens is 466 g/mol. The summed E-state index contributed by atoms with van der Waals surface area (Å²) < 4.78 is 40.5. The maximum atomic E-state index is 13.7. The number of methoxy groups -OCH3 is 2. The van der Waals surface area contributed by atoms with E-state index < -0.39 is 16.1 Å². The number of hydrogen-bond acceptors (Lipinski definition) is 6. The van der Waals surface area contributed by atoms with Crippen LogP contribution in [0.15, 0.2) is 82.5 Å². The molecular formula is C26H27N3O5S. The maximum Gasteiger partial charge on any atom is 0.266 e. The maximum absolute atomic E-state index is 13.7. The summed E-state index contributed by atoms with van der Waals surface area (Å²) in [6, 6.07) is 19.6. The Bertz CT molecular complexity index is 1510. The molecule has 0 radical (unpaired) electrons. The van der Waals surface area contributed by atoms with Gasteiger partial charge >= 0.3 is 0 Å². The fourth-order valence-electron chi connectivity index (χ4n) is 4.10. The molecule has 1 unspecified atom stereocenters. The van der Waals surface area contributed by atoms with E-state index in [2.05, 4.69) is 0 Å². The van der Waals surface area contributed by atoms with Crippen molar-refractivity contribution in [3.8, 4) is 17.2 Å². The first-order chi connectivity index (χ1) is 16.8. The lowest BCUT2D eigenvalue weighted by Gasteiger charge is -2.28. The topological polar surface area (TPSA) is 90.7 Å². The third-order valence-electron chi connectivity index (χ3n) is 5.99. The predicted molar refractivity (Wildman–Crippen MR) is 135 cm³/mol. The lowest BCUT2D eigenvalue weighted by atomic mass is 10.1. The van der Waals surface area contributed by atoms with E-state index in [-0.39, 0.29) is 10.5 Å². The van der Waals surface area contributed by atoms with Crippen molar-refractivity contribution in [1.29, 1.82) is 0 Å². The minimum absolute atomic E-state index is 0.117. The fraction of sp³-hybridized carbons (Fsp3) is 0.231. The van der Waals surface area contributed by atoms with Gasteiger partial charge in [-0.1, -0.05) is 31.2 Å². The molecule has 0 spiro atoms. The van der Waals surface area contributed by atoms with Gasteiger partial charge in [0.15, 0.2) is 0 Å². The number of hydrogen-bond donors (Lipinski definition) is 0. The van der Waals surface area contributed by atoms with Gasteiger partial charge in [-0.15, -0.1) is 0 Å². The third-order valence-corrected chi connectivity index (χ3v) is 7.87. The van der Waals surface area contributed by atoms with Crippen molar-refractivity contribution >= 4 is 20.9 Å². The van der Waals surface area contributed by atoms with Gasteiger partial charge in [-0.2, -0.15) is 4.31 Å². The van der Waals surface area contributed by atoms with Crippen molar-refractivity contribution < 1.29 is 17.9 Å². The minimum Gasteiger partial charge on any atom is -0.497 e. The van der Waals surface area contributed by atoms with Crippen LogP contribution in [0.1, 0.15) is 25.2 Å². The Balaban J connectivity index is 1.95. The highest BCUT2D eigenvalue weighted by molar-refractivity contribution is 7.89. The molecule has 4 aromatic rings. The number of sulfonamides is 1. The summed E-state index contributed by atoms with van der Waals surface area (Å²) >= 11 is 0. The number of rotatable bonds is 8. The highest BCUT2D eigenvalue weighted by atomic mass is 32.2. The van der Waals surface area contributed by atoms with Gasteiger partial charge < -0.3 is 9.47 Å². The SMILES string of the molecule is CCC(c1nc2ccccc2c(=O)n1-c1ccccc1OC)N(C)S(=O)(=O)c1ccc(OC)cc1. The number of ether oxygens (including phenoxy) is 2. The summed E-state index contributed by atoms with van der Waals surface area (Å²) in [6.07, 6.45) is 0.381. The zero-order valence-electron chi connectivity index (χ0n) is 20.0. The molecule has 0 saturated heterocycles. The second kappa shape index (κ2) is 9.89. The molecule has 0 fully saturated rings. The van der Waals surface area contributed by atoms with E-state index in [1.807, 2.05) is 6.92 Å². The van der Waals surface area contributed by atoms with Crippen LogP contribution in [0.5, 0.6) is 11.5 Å². The standard InChI is InChI=1S/C26H27N3O5S/c1-5-22(28(2)35(31,32)19-16-14-18(33-3)15-17-19)25-27-21-11-7-6-10-20(21)26(30)29(25)23-12-8-9-13-24(23)34-4/h6-17,22H,5H2,1-4H3. The number of para-hydroxylation sites is 3. The second-order valence-electron chi connectivity index (χ2n) is 7.92. The quantitative estimate of drug-likeness (QED) is 0.366. The first kappa shape index (κ1) is 24.4. The molecule has 9 heteroatoms. The van der Waals surface area contributed by atoms with Crippen molar-refractivity contribution in [2.45, 2.75) is 24.3 Å². The van der Waals surface area contributed by atoms with Gasteiger partial charge in [-0.3, -0.25) is 9.36 Å². The molecule has 4 rings (SSSR count). The van der Waals surface area contributed by atoms with Crippen LogP contribution in [-0.2, 0) is 10.0 Å². The van der Waals surface area contributed by atoms with Gasteiger partial charge in [0.25, 0.3) is 5.56 Å². The summed E-state index contributed by atoms with van der Waals surface area (Å²) in [7, 11) is 0.631. The Labute approximate surface area is 204 Å². The molecule has 182 valence electrons. The van der Waals surface area contributed by atoms with E-state index in [0.717, 1.165) is 0 Å². The van der Waals surface area contributed by atoms with E-state index in [0.29, 0.717) is 40.3 Å². The van der Waals surface area contributed by atoms with Gasteiger partial charge in [0.1, 0.15) is 17.3 Å². The van der Waals surface area contributed by atoms with Crippen LogP contribution >= 0.6 is 0 Å². The average Bonchev–Trinajstić information content (AvgIpc) is 2.89. The Hall–Kier alpha value is -3.69. The molecule has 0 aliphatic carbocycles. The average molecular weight is 494 g/mol. The van der Waals surface area contributed by atoms with Crippen LogP contribution in [-0.4, -0.2) is 43.5 Å². The smallest absolute Gasteiger partial charge is 0.266 e. The third kappa shape index (κ3) is 4.40. The molecule has 3 aromatic carbocycles. The molecule has 1 atom stereocenters. The Morgan fingerprint density at radius 2 is 1.60 bits per heavy atom. The van der Waals surface area contributed by atoms with E-state index in [4.69, 9.17) is 14.5 Å². The summed E-state index contributed by atoms with van der Waals surface area (Å²) in [6.45, 7) is 1.86. The molecule has 0 N–H and O–H groups in total.